The Labute approximate surface area is 210 Å². The van der Waals surface area contributed by atoms with Crippen LogP contribution >= 0.6 is 0 Å². The number of amides is 2. The van der Waals surface area contributed by atoms with Crippen molar-refractivity contribution in [2.75, 3.05) is 85.7 Å². The van der Waals surface area contributed by atoms with E-state index < -0.39 is 0 Å². The van der Waals surface area contributed by atoms with E-state index >= 15 is 0 Å². The predicted molar refractivity (Wildman–Crippen MR) is 135 cm³/mol. The molecule has 11 heteroatoms. The first-order valence-corrected chi connectivity index (χ1v) is 12.7. The number of rotatable bonds is 26. The molecule has 0 aromatic rings. The number of carbonyl (C=O) groups excluding carboxylic acids is 2. The Kier molecular flexibility index (Phi) is 25.2. The molecule has 0 atom stereocenters. The van der Waals surface area contributed by atoms with Crippen molar-refractivity contribution in [3.8, 4) is 0 Å². The monoisotopic (exact) mass is 504 g/mol. The van der Waals surface area contributed by atoms with Gasteiger partial charge in [0, 0.05) is 57.6 Å². The molecule has 0 aromatic heterocycles. The van der Waals surface area contributed by atoms with Crippen molar-refractivity contribution in [3.63, 3.8) is 0 Å². The fourth-order valence-electron chi connectivity index (χ4n) is 2.60. The summed E-state index contributed by atoms with van der Waals surface area (Å²) in [5.41, 5.74) is 6.52. The van der Waals surface area contributed by atoms with Crippen LogP contribution in [0, 0.1) is 0 Å². The van der Waals surface area contributed by atoms with Gasteiger partial charge in [0.15, 0.2) is 0 Å². The molecule has 5 N–H and O–H groups in total. The van der Waals surface area contributed by atoms with Gasteiger partial charge in [-0.25, -0.2) is 0 Å². The van der Waals surface area contributed by atoms with E-state index in [1.54, 1.807) is 6.20 Å². The maximum atomic E-state index is 11.9. The summed E-state index contributed by atoms with van der Waals surface area (Å²) in [6, 6.07) is 0. The third-order valence-electron chi connectivity index (χ3n) is 4.46. The Hall–Kier alpha value is -1.92. The lowest BCUT2D eigenvalue weighted by molar-refractivity contribution is -0.122. The summed E-state index contributed by atoms with van der Waals surface area (Å²) in [5, 5.41) is 8.71. The van der Waals surface area contributed by atoms with Gasteiger partial charge in [-0.15, -0.1) is 0 Å². The maximum Gasteiger partial charge on any atom is 0.222 e. The molecule has 0 spiro atoms. The van der Waals surface area contributed by atoms with Gasteiger partial charge in [0.05, 0.1) is 52.9 Å². The van der Waals surface area contributed by atoms with Gasteiger partial charge < -0.3 is 45.4 Å². The molecule has 0 aliphatic carbocycles. The molecule has 0 bridgehead atoms. The van der Waals surface area contributed by atoms with E-state index in [4.69, 9.17) is 29.4 Å². The highest BCUT2D eigenvalue weighted by Gasteiger charge is 2.03. The first-order chi connectivity index (χ1) is 17.1. The molecular formula is C24H48N4O7. The van der Waals surface area contributed by atoms with Crippen LogP contribution in [-0.2, 0) is 33.3 Å². The first kappa shape index (κ1) is 33.1. The molecule has 0 fully saturated rings. The van der Waals surface area contributed by atoms with Gasteiger partial charge in [0.25, 0.3) is 0 Å². The first-order valence-electron chi connectivity index (χ1n) is 12.7. The molecule has 2 amide bonds. The van der Waals surface area contributed by atoms with Crippen LogP contribution in [0.3, 0.4) is 0 Å². The Morgan fingerprint density at radius 1 is 0.657 bits per heavy atom. The second kappa shape index (κ2) is 26.7. The predicted octanol–water partition coefficient (Wildman–Crippen LogP) is 0.682. The fourth-order valence-corrected chi connectivity index (χ4v) is 2.60. The van der Waals surface area contributed by atoms with Gasteiger partial charge in [0.1, 0.15) is 0 Å². The summed E-state index contributed by atoms with van der Waals surface area (Å²) >= 11 is 0. The van der Waals surface area contributed by atoms with Crippen molar-refractivity contribution in [1.29, 1.82) is 0 Å². The van der Waals surface area contributed by atoms with Crippen molar-refractivity contribution in [2.45, 2.75) is 46.0 Å². The molecule has 0 saturated carbocycles. The second-order valence-corrected chi connectivity index (χ2v) is 7.62. The van der Waals surface area contributed by atoms with E-state index in [9.17, 15) is 9.59 Å². The van der Waals surface area contributed by atoms with Crippen molar-refractivity contribution in [2.24, 2.45) is 5.73 Å². The van der Waals surface area contributed by atoms with Gasteiger partial charge in [-0.3, -0.25) is 9.59 Å². The van der Waals surface area contributed by atoms with Gasteiger partial charge >= 0.3 is 0 Å². The largest absolute Gasteiger partial charge is 0.401 e. The van der Waals surface area contributed by atoms with Crippen LogP contribution in [0.5, 0.6) is 0 Å². The minimum absolute atomic E-state index is 0.0357. The lowest BCUT2D eigenvalue weighted by atomic mass is 10.2. The molecular weight excluding hydrogens is 456 g/mol. The average Bonchev–Trinajstić information content (AvgIpc) is 2.85. The summed E-state index contributed by atoms with van der Waals surface area (Å²) in [6.45, 7) is 11.3. The quantitative estimate of drug-likeness (QED) is 0.125. The third-order valence-corrected chi connectivity index (χ3v) is 4.46. The number of ether oxygens (including phenoxy) is 5. The number of nitrogens with one attached hydrogen (secondary N) is 3. The van der Waals surface area contributed by atoms with Gasteiger partial charge in [-0.1, -0.05) is 6.92 Å². The second-order valence-electron chi connectivity index (χ2n) is 7.62. The molecule has 11 nitrogen and oxygen atoms in total. The lowest BCUT2D eigenvalue weighted by Gasteiger charge is -2.08. The Morgan fingerprint density at radius 3 is 1.80 bits per heavy atom. The summed E-state index contributed by atoms with van der Waals surface area (Å²) in [4.78, 5) is 23.5. The molecule has 0 radical (unpaired) electrons. The van der Waals surface area contributed by atoms with Crippen molar-refractivity contribution in [1.82, 2.24) is 16.0 Å². The van der Waals surface area contributed by atoms with Crippen LogP contribution < -0.4 is 21.7 Å². The molecule has 0 rings (SSSR count). The molecule has 0 aliphatic rings. The average molecular weight is 505 g/mol. The lowest BCUT2D eigenvalue weighted by Crippen LogP contribution is -2.30. The molecule has 35 heavy (non-hydrogen) atoms. The SMILES string of the molecule is CCCOCCC(=O)NCCCNC(=O)CC/C(N)=C/NCCOCCOCCOCCOCC. The third kappa shape index (κ3) is 26.5. The van der Waals surface area contributed by atoms with Crippen LogP contribution in [-0.4, -0.2) is 97.5 Å². The van der Waals surface area contributed by atoms with E-state index in [-0.39, 0.29) is 11.8 Å². The molecule has 0 heterocycles. The number of nitrogens with two attached hydrogens (primary N) is 1. The normalized spacial score (nSPS) is 11.4. The highest BCUT2D eigenvalue weighted by atomic mass is 16.6. The number of carbonyl (C=O) groups is 2. The van der Waals surface area contributed by atoms with Crippen molar-refractivity contribution in [3.05, 3.63) is 11.9 Å². The molecule has 0 aliphatic heterocycles. The van der Waals surface area contributed by atoms with E-state index in [2.05, 4.69) is 16.0 Å². The number of hydrogen-bond acceptors (Lipinski definition) is 9. The van der Waals surface area contributed by atoms with Gasteiger partial charge in [0.2, 0.25) is 11.8 Å². The van der Waals surface area contributed by atoms with Crippen LogP contribution in [0.1, 0.15) is 46.0 Å². The number of allylic oxidation sites excluding steroid dienone is 1. The smallest absolute Gasteiger partial charge is 0.222 e. The molecule has 0 aromatic carbocycles. The van der Waals surface area contributed by atoms with Crippen LogP contribution in [0.2, 0.25) is 0 Å². The Balaban J connectivity index is 3.45. The van der Waals surface area contributed by atoms with E-state index in [1.807, 2.05) is 13.8 Å². The zero-order chi connectivity index (χ0) is 25.8. The topological polar surface area (TPSA) is 142 Å². The van der Waals surface area contributed by atoms with Crippen molar-refractivity contribution >= 4 is 11.8 Å². The van der Waals surface area contributed by atoms with Crippen molar-refractivity contribution < 1.29 is 33.3 Å². The zero-order valence-electron chi connectivity index (χ0n) is 21.7. The van der Waals surface area contributed by atoms with Gasteiger partial charge in [-0.2, -0.15) is 0 Å². The van der Waals surface area contributed by atoms with Crippen LogP contribution in [0.15, 0.2) is 11.9 Å². The van der Waals surface area contributed by atoms with Crippen LogP contribution in [0.25, 0.3) is 0 Å². The summed E-state index contributed by atoms with van der Waals surface area (Å²) < 4.78 is 26.7. The minimum atomic E-state index is -0.0660. The van der Waals surface area contributed by atoms with E-state index in [0.29, 0.717) is 117 Å². The van der Waals surface area contributed by atoms with Crippen LogP contribution in [0.4, 0.5) is 0 Å². The minimum Gasteiger partial charge on any atom is -0.401 e. The highest BCUT2D eigenvalue weighted by Crippen LogP contribution is 1.97. The Morgan fingerprint density at radius 2 is 1.20 bits per heavy atom. The van der Waals surface area contributed by atoms with Gasteiger partial charge in [-0.05, 0) is 26.2 Å². The number of hydrogen-bond donors (Lipinski definition) is 4. The molecule has 0 unspecified atom stereocenters. The molecule has 0 saturated heterocycles. The Bertz CT molecular complexity index is 536. The summed E-state index contributed by atoms with van der Waals surface area (Å²) in [6.07, 6.45) is 4.46. The highest BCUT2D eigenvalue weighted by molar-refractivity contribution is 5.76. The maximum absolute atomic E-state index is 11.9. The van der Waals surface area contributed by atoms with E-state index in [1.165, 1.54) is 0 Å². The molecule has 206 valence electrons. The zero-order valence-corrected chi connectivity index (χ0v) is 21.7. The fraction of sp³-hybridized carbons (Fsp3) is 0.833. The standard InChI is InChI=1S/C24H48N4O7/c1-3-12-32-13-8-24(30)28-10-5-9-27-23(29)7-6-22(25)21-26-11-14-33-17-18-35-20-19-34-16-15-31-4-2/h21,26H,3-20,25H2,1-2H3,(H,27,29)(H,28,30)/b22-21-. The summed E-state index contributed by atoms with van der Waals surface area (Å²) in [5.74, 6) is -0.102. The summed E-state index contributed by atoms with van der Waals surface area (Å²) in [7, 11) is 0. The van der Waals surface area contributed by atoms with E-state index in [0.717, 1.165) is 6.42 Å².